The lowest BCUT2D eigenvalue weighted by molar-refractivity contribution is -0.112. The van der Waals surface area contributed by atoms with Crippen LogP contribution in [-0.2, 0) is 4.79 Å². The van der Waals surface area contributed by atoms with E-state index in [2.05, 4.69) is 0 Å². The fourth-order valence-electron chi connectivity index (χ4n) is 3.89. The number of nitrogens with zero attached hydrogens (tertiary/aromatic N) is 1. The lowest BCUT2D eigenvalue weighted by Crippen LogP contribution is -2.41. The maximum absolute atomic E-state index is 13.6. The Balaban J connectivity index is 1.68. The van der Waals surface area contributed by atoms with Gasteiger partial charge in [-0.1, -0.05) is 30.3 Å². The fourth-order valence-corrected chi connectivity index (χ4v) is 3.89. The van der Waals surface area contributed by atoms with Gasteiger partial charge < -0.3 is 14.2 Å². The molecule has 6 nitrogen and oxygen atoms in total. The molecule has 2 aliphatic heterocycles. The summed E-state index contributed by atoms with van der Waals surface area (Å²) in [7, 11) is 1.55. The maximum Gasteiger partial charge on any atom is 0.265 e. The van der Waals surface area contributed by atoms with E-state index in [9.17, 15) is 9.59 Å². The first-order chi connectivity index (χ1) is 15.1. The minimum absolute atomic E-state index is 0.114. The molecule has 0 saturated carbocycles. The topological polar surface area (TPSA) is 65.1 Å². The van der Waals surface area contributed by atoms with E-state index in [1.807, 2.05) is 31.2 Å². The second-order valence-corrected chi connectivity index (χ2v) is 7.35. The molecule has 0 unspecified atom stereocenters. The normalized spacial score (nSPS) is 15.9. The van der Waals surface area contributed by atoms with Gasteiger partial charge >= 0.3 is 0 Å². The molecule has 0 saturated heterocycles. The number of imide groups is 1. The third-order valence-corrected chi connectivity index (χ3v) is 5.34. The summed E-state index contributed by atoms with van der Waals surface area (Å²) in [5.74, 6) is 0.883. The highest BCUT2D eigenvalue weighted by Gasteiger charge is 2.36. The average Bonchev–Trinajstić information content (AvgIpc) is 3.25. The molecule has 0 bridgehead atoms. The second kappa shape index (κ2) is 7.32. The molecule has 2 aliphatic rings. The first kappa shape index (κ1) is 18.9. The molecular weight excluding hydrogens is 394 g/mol. The van der Waals surface area contributed by atoms with Crippen LogP contribution in [0.5, 0.6) is 17.2 Å². The van der Waals surface area contributed by atoms with Crippen molar-refractivity contribution in [1.29, 1.82) is 0 Å². The Morgan fingerprint density at radius 2 is 1.74 bits per heavy atom. The number of carbonyl (C=O) groups excluding carboxylic acids is 2. The number of anilines is 1. The predicted molar refractivity (Wildman–Crippen MR) is 116 cm³/mol. The molecule has 0 atom stereocenters. The van der Waals surface area contributed by atoms with Gasteiger partial charge in [0.25, 0.3) is 11.8 Å². The molecule has 0 radical (unpaired) electrons. The lowest BCUT2D eigenvalue weighted by atomic mass is 9.91. The Morgan fingerprint density at radius 3 is 2.52 bits per heavy atom. The Labute approximate surface area is 179 Å². The molecule has 154 valence electrons. The minimum atomic E-state index is -0.383. The summed E-state index contributed by atoms with van der Waals surface area (Å²) in [6.07, 6.45) is 1.75. The van der Waals surface area contributed by atoms with Gasteiger partial charge in [-0.2, -0.15) is 0 Å². The highest BCUT2D eigenvalue weighted by molar-refractivity contribution is 6.43. The van der Waals surface area contributed by atoms with Crippen LogP contribution in [0.25, 0.3) is 11.6 Å². The largest absolute Gasteiger partial charge is 0.493 e. The molecule has 6 heteroatoms. The van der Waals surface area contributed by atoms with E-state index in [1.54, 1.807) is 49.6 Å². The van der Waals surface area contributed by atoms with Crippen LogP contribution in [0, 0.1) is 6.92 Å². The van der Waals surface area contributed by atoms with Crippen molar-refractivity contribution in [2.24, 2.45) is 0 Å². The molecule has 0 aliphatic carbocycles. The predicted octanol–water partition coefficient (Wildman–Crippen LogP) is 4.46. The Hall–Kier alpha value is -4.06. The zero-order valence-electron chi connectivity index (χ0n) is 17.0. The van der Waals surface area contributed by atoms with Crippen molar-refractivity contribution in [2.75, 3.05) is 18.8 Å². The molecule has 31 heavy (non-hydrogen) atoms. The van der Waals surface area contributed by atoms with Gasteiger partial charge in [0.15, 0.2) is 11.5 Å². The SMILES string of the molecule is COc1cc(/C=C2\C(=O)N(c3cccc(C)c3)C(=O)c3ccccc32)cc2c1OCO2. The summed E-state index contributed by atoms with van der Waals surface area (Å²) < 4.78 is 16.4. The van der Waals surface area contributed by atoms with Crippen molar-refractivity contribution in [2.45, 2.75) is 6.92 Å². The van der Waals surface area contributed by atoms with E-state index in [-0.39, 0.29) is 18.6 Å². The number of hydrogen-bond donors (Lipinski definition) is 0. The molecular formula is C25H19NO5. The van der Waals surface area contributed by atoms with Gasteiger partial charge in [-0.3, -0.25) is 9.59 Å². The van der Waals surface area contributed by atoms with Gasteiger partial charge in [-0.25, -0.2) is 4.90 Å². The van der Waals surface area contributed by atoms with Crippen LogP contribution in [0.1, 0.15) is 27.0 Å². The third kappa shape index (κ3) is 3.13. The number of rotatable bonds is 3. The summed E-state index contributed by atoms with van der Waals surface area (Å²) in [6, 6.07) is 18.0. The maximum atomic E-state index is 13.6. The third-order valence-electron chi connectivity index (χ3n) is 5.34. The molecule has 2 amide bonds. The van der Waals surface area contributed by atoms with Gasteiger partial charge in [0, 0.05) is 11.1 Å². The minimum Gasteiger partial charge on any atom is -0.493 e. The van der Waals surface area contributed by atoms with Gasteiger partial charge in [0.05, 0.1) is 12.8 Å². The number of hydrogen-bond acceptors (Lipinski definition) is 5. The molecule has 0 aromatic heterocycles. The van der Waals surface area contributed by atoms with E-state index in [4.69, 9.17) is 14.2 Å². The van der Waals surface area contributed by atoms with Gasteiger partial charge in [0.2, 0.25) is 12.5 Å². The van der Waals surface area contributed by atoms with Crippen molar-refractivity contribution >= 4 is 29.2 Å². The summed E-state index contributed by atoms with van der Waals surface area (Å²) >= 11 is 0. The fraction of sp³-hybridized carbons (Fsp3) is 0.120. The molecule has 0 spiro atoms. The summed E-state index contributed by atoms with van der Waals surface area (Å²) in [5.41, 5.74) is 3.69. The van der Waals surface area contributed by atoms with Crippen LogP contribution in [0.2, 0.25) is 0 Å². The van der Waals surface area contributed by atoms with Crippen LogP contribution in [-0.4, -0.2) is 25.7 Å². The zero-order chi connectivity index (χ0) is 21.5. The Kier molecular flexibility index (Phi) is 4.47. The number of fused-ring (bicyclic) bond motifs is 2. The van der Waals surface area contributed by atoms with Crippen molar-refractivity contribution < 1.29 is 23.8 Å². The van der Waals surface area contributed by atoms with Crippen molar-refractivity contribution in [3.63, 3.8) is 0 Å². The van der Waals surface area contributed by atoms with Gasteiger partial charge in [0.1, 0.15) is 0 Å². The molecule has 3 aromatic carbocycles. The highest BCUT2D eigenvalue weighted by Crippen LogP contribution is 2.43. The summed E-state index contributed by atoms with van der Waals surface area (Å²) in [5, 5.41) is 0. The van der Waals surface area contributed by atoms with Crippen molar-refractivity contribution in [3.8, 4) is 17.2 Å². The van der Waals surface area contributed by atoms with E-state index >= 15 is 0 Å². The molecule has 0 fully saturated rings. The van der Waals surface area contributed by atoms with Crippen LogP contribution in [0.3, 0.4) is 0 Å². The molecule has 2 heterocycles. The number of carbonyl (C=O) groups is 2. The van der Waals surface area contributed by atoms with Crippen molar-refractivity contribution in [1.82, 2.24) is 0 Å². The van der Waals surface area contributed by atoms with Crippen molar-refractivity contribution in [3.05, 3.63) is 82.9 Å². The number of methoxy groups -OCH3 is 1. The second-order valence-electron chi connectivity index (χ2n) is 7.35. The first-order valence-corrected chi connectivity index (χ1v) is 9.81. The number of ether oxygens (including phenoxy) is 3. The van der Waals surface area contributed by atoms with Crippen LogP contribution >= 0.6 is 0 Å². The van der Waals surface area contributed by atoms with E-state index < -0.39 is 0 Å². The zero-order valence-corrected chi connectivity index (χ0v) is 17.0. The summed E-state index contributed by atoms with van der Waals surface area (Å²) in [6.45, 7) is 2.04. The van der Waals surface area contributed by atoms with E-state index in [0.29, 0.717) is 45.2 Å². The number of benzene rings is 3. The average molecular weight is 413 g/mol. The summed E-state index contributed by atoms with van der Waals surface area (Å²) in [4.78, 5) is 28.0. The number of amides is 2. The Morgan fingerprint density at radius 1 is 0.935 bits per heavy atom. The number of aryl methyl sites for hydroxylation is 1. The smallest absolute Gasteiger partial charge is 0.265 e. The Bertz CT molecular complexity index is 1260. The lowest BCUT2D eigenvalue weighted by Gasteiger charge is -2.29. The monoisotopic (exact) mass is 413 g/mol. The van der Waals surface area contributed by atoms with Gasteiger partial charge in [-0.15, -0.1) is 0 Å². The molecule has 3 aromatic rings. The van der Waals surface area contributed by atoms with E-state index in [1.165, 1.54) is 4.90 Å². The van der Waals surface area contributed by atoms with Crippen LogP contribution in [0.15, 0.2) is 60.7 Å². The van der Waals surface area contributed by atoms with Gasteiger partial charge in [-0.05, 0) is 60.0 Å². The van der Waals surface area contributed by atoms with Crippen LogP contribution in [0.4, 0.5) is 5.69 Å². The first-order valence-electron chi connectivity index (χ1n) is 9.81. The standard InChI is InChI=1S/C25H19NO5/c1-15-6-5-7-17(10-15)26-24(27)19-9-4-3-8-18(19)20(25(26)28)11-16-12-21(29-2)23-22(13-16)30-14-31-23/h3-13H,14H2,1-2H3/b20-11-. The molecule has 5 rings (SSSR count). The highest BCUT2D eigenvalue weighted by atomic mass is 16.7. The molecule has 0 N–H and O–H groups in total. The van der Waals surface area contributed by atoms with E-state index in [0.717, 1.165) is 5.56 Å². The van der Waals surface area contributed by atoms with Crippen LogP contribution < -0.4 is 19.1 Å². The quantitative estimate of drug-likeness (QED) is 0.469.